The maximum Gasteiger partial charge on any atom is 0.289 e. The summed E-state index contributed by atoms with van der Waals surface area (Å²) in [5.41, 5.74) is 5.99. The van der Waals surface area contributed by atoms with Crippen molar-refractivity contribution >= 4 is 17.5 Å². The van der Waals surface area contributed by atoms with Crippen molar-refractivity contribution in [2.75, 3.05) is 31.9 Å². The van der Waals surface area contributed by atoms with Gasteiger partial charge in [-0.2, -0.15) is 0 Å². The Balaban J connectivity index is 1.40. The Bertz CT molecular complexity index is 1080. The molecule has 166 valence electrons. The molecule has 32 heavy (non-hydrogen) atoms. The minimum absolute atomic E-state index is 0.0716. The number of hydrogen-bond donors (Lipinski definition) is 2. The lowest BCUT2D eigenvalue weighted by atomic mass is 9.88. The number of benzene rings is 1. The maximum absolute atomic E-state index is 13.3. The normalized spacial score (nSPS) is 26.7. The van der Waals surface area contributed by atoms with Gasteiger partial charge < -0.3 is 25.3 Å². The number of carbonyl (C=O) groups excluding carboxylic acids is 2. The first-order chi connectivity index (χ1) is 15.5. The SMILES string of the molecule is Nc1cccc(C(=O)NC2(c3ccc(C(=O)N4CCN5CCC4CC5)o3)C=CC=CC2)c1. The minimum Gasteiger partial charge on any atom is -0.453 e. The van der Waals surface area contributed by atoms with Crippen molar-refractivity contribution < 1.29 is 14.0 Å². The van der Waals surface area contributed by atoms with Gasteiger partial charge in [0, 0.05) is 43.5 Å². The van der Waals surface area contributed by atoms with E-state index < -0.39 is 5.54 Å². The van der Waals surface area contributed by atoms with E-state index in [-0.39, 0.29) is 17.9 Å². The van der Waals surface area contributed by atoms with Gasteiger partial charge in [-0.05, 0) is 49.6 Å². The smallest absolute Gasteiger partial charge is 0.289 e. The molecule has 3 N–H and O–H groups in total. The monoisotopic (exact) mass is 432 g/mol. The first kappa shape index (κ1) is 20.6. The molecule has 2 aromatic rings. The third-order valence-electron chi connectivity index (χ3n) is 6.73. The lowest BCUT2D eigenvalue weighted by Crippen LogP contribution is -2.44. The van der Waals surface area contributed by atoms with E-state index >= 15 is 0 Å². The standard InChI is InChI=1S/C25H28N4O3/c26-19-6-4-5-18(17-19)23(30)27-25(11-2-1-3-12-25)22-8-7-21(32-22)24(31)29-16-15-28-13-9-20(29)10-14-28/h1-8,11,17,20H,9-10,12-16,26H2,(H,27,30). The first-order valence-electron chi connectivity index (χ1n) is 11.2. The van der Waals surface area contributed by atoms with Crippen LogP contribution in [0.1, 0.15) is 45.9 Å². The van der Waals surface area contributed by atoms with Gasteiger partial charge in [0.2, 0.25) is 0 Å². The summed E-state index contributed by atoms with van der Waals surface area (Å²) in [6.45, 7) is 3.73. The van der Waals surface area contributed by atoms with Crippen LogP contribution in [0.15, 0.2) is 65.1 Å². The fraction of sp³-hybridized carbons (Fsp3) is 0.360. The van der Waals surface area contributed by atoms with Gasteiger partial charge in [0.1, 0.15) is 11.3 Å². The number of nitrogen functional groups attached to an aromatic ring is 1. The largest absolute Gasteiger partial charge is 0.453 e. The Morgan fingerprint density at radius 3 is 2.66 bits per heavy atom. The average Bonchev–Trinajstić information content (AvgIpc) is 3.13. The van der Waals surface area contributed by atoms with Crippen molar-refractivity contribution in [1.82, 2.24) is 15.1 Å². The van der Waals surface area contributed by atoms with Crippen molar-refractivity contribution in [3.63, 3.8) is 0 Å². The van der Waals surface area contributed by atoms with Crippen LogP contribution in [0.2, 0.25) is 0 Å². The van der Waals surface area contributed by atoms with Crippen LogP contribution < -0.4 is 11.1 Å². The number of hydrogen-bond acceptors (Lipinski definition) is 5. The Labute approximate surface area is 187 Å². The molecule has 4 aliphatic rings. The van der Waals surface area contributed by atoms with Gasteiger partial charge in [-0.3, -0.25) is 9.59 Å². The fourth-order valence-electron chi connectivity index (χ4n) is 4.90. The van der Waals surface area contributed by atoms with Crippen LogP contribution in [-0.4, -0.2) is 53.8 Å². The summed E-state index contributed by atoms with van der Waals surface area (Å²) < 4.78 is 6.12. The van der Waals surface area contributed by atoms with Crippen LogP contribution in [0, 0.1) is 0 Å². The second-order valence-corrected chi connectivity index (χ2v) is 8.78. The number of amides is 2. The number of allylic oxidation sites excluding steroid dienone is 2. The molecule has 1 unspecified atom stereocenters. The molecule has 1 aromatic carbocycles. The molecule has 2 bridgehead atoms. The Hall–Kier alpha value is -3.32. The molecule has 3 fully saturated rings. The number of rotatable bonds is 4. The zero-order chi connectivity index (χ0) is 22.1. The van der Waals surface area contributed by atoms with Crippen molar-refractivity contribution in [3.8, 4) is 0 Å². The summed E-state index contributed by atoms with van der Waals surface area (Å²) in [7, 11) is 0. The van der Waals surface area contributed by atoms with Crippen LogP contribution in [-0.2, 0) is 5.54 Å². The summed E-state index contributed by atoms with van der Waals surface area (Å²) in [5.74, 6) is 0.542. The van der Waals surface area contributed by atoms with Gasteiger partial charge in [-0.1, -0.05) is 30.4 Å². The number of piperidine rings is 1. The molecule has 6 rings (SSSR count). The quantitative estimate of drug-likeness (QED) is 0.725. The molecule has 7 nitrogen and oxygen atoms in total. The van der Waals surface area contributed by atoms with Crippen LogP contribution in [0.4, 0.5) is 5.69 Å². The van der Waals surface area contributed by atoms with E-state index in [0.29, 0.717) is 29.2 Å². The number of nitrogens with two attached hydrogens (primary N) is 1. The van der Waals surface area contributed by atoms with Crippen LogP contribution in [0.25, 0.3) is 0 Å². The van der Waals surface area contributed by atoms with E-state index in [0.717, 1.165) is 39.0 Å². The molecule has 3 saturated heterocycles. The van der Waals surface area contributed by atoms with E-state index in [2.05, 4.69) is 10.2 Å². The third kappa shape index (κ3) is 3.84. The second kappa shape index (κ2) is 8.31. The summed E-state index contributed by atoms with van der Waals surface area (Å²) in [5, 5.41) is 3.10. The topological polar surface area (TPSA) is 91.8 Å². The molecule has 1 aromatic heterocycles. The van der Waals surface area contributed by atoms with E-state index in [4.69, 9.17) is 10.2 Å². The summed E-state index contributed by atoms with van der Waals surface area (Å²) in [4.78, 5) is 30.7. The van der Waals surface area contributed by atoms with Gasteiger partial charge in [-0.15, -0.1) is 0 Å². The number of nitrogens with zero attached hydrogens (tertiary/aromatic N) is 2. The molecule has 7 heteroatoms. The predicted molar refractivity (Wildman–Crippen MR) is 122 cm³/mol. The van der Waals surface area contributed by atoms with E-state index in [1.807, 2.05) is 29.2 Å². The molecule has 3 aliphatic heterocycles. The predicted octanol–water partition coefficient (Wildman–Crippen LogP) is 2.92. The van der Waals surface area contributed by atoms with Crippen LogP contribution in [0.5, 0.6) is 0 Å². The van der Waals surface area contributed by atoms with Gasteiger partial charge in [-0.25, -0.2) is 0 Å². The lowest BCUT2D eigenvalue weighted by Gasteiger charge is -2.31. The van der Waals surface area contributed by atoms with Crippen molar-refractivity contribution in [2.24, 2.45) is 0 Å². The van der Waals surface area contributed by atoms with Gasteiger partial charge in [0.15, 0.2) is 5.76 Å². The molecule has 2 amide bonds. The number of fused-ring (bicyclic) bond motifs is 4. The Morgan fingerprint density at radius 1 is 1.06 bits per heavy atom. The van der Waals surface area contributed by atoms with E-state index in [9.17, 15) is 9.59 Å². The summed E-state index contributed by atoms with van der Waals surface area (Å²) >= 11 is 0. The third-order valence-corrected chi connectivity index (χ3v) is 6.73. The fourth-order valence-corrected chi connectivity index (χ4v) is 4.90. The second-order valence-electron chi connectivity index (χ2n) is 8.78. The first-order valence-corrected chi connectivity index (χ1v) is 11.2. The molecule has 0 spiro atoms. The van der Waals surface area contributed by atoms with Crippen molar-refractivity contribution in [1.29, 1.82) is 0 Å². The molecule has 0 saturated carbocycles. The number of carbonyl (C=O) groups is 2. The summed E-state index contributed by atoms with van der Waals surface area (Å²) in [6, 6.07) is 10.7. The molecular formula is C25H28N4O3. The minimum atomic E-state index is -0.863. The van der Waals surface area contributed by atoms with Gasteiger partial charge in [0.25, 0.3) is 11.8 Å². The van der Waals surface area contributed by atoms with E-state index in [1.165, 1.54) is 0 Å². The maximum atomic E-state index is 13.3. The molecule has 1 atom stereocenters. The van der Waals surface area contributed by atoms with Crippen molar-refractivity contribution in [3.05, 3.63) is 77.8 Å². The van der Waals surface area contributed by atoms with Gasteiger partial charge >= 0.3 is 0 Å². The van der Waals surface area contributed by atoms with E-state index in [1.54, 1.807) is 36.4 Å². The van der Waals surface area contributed by atoms with Crippen LogP contribution >= 0.6 is 0 Å². The highest BCUT2D eigenvalue weighted by atomic mass is 16.4. The number of furan rings is 1. The number of nitrogens with one attached hydrogen (secondary N) is 1. The Kier molecular flexibility index (Phi) is 5.35. The van der Waals surface area contributed by atoms with Crippen LogP contribution in [0.3, 0.4) is 0 Å². The summed E-state index contributed by atoms with van der Waals surface area (Å²) in [6.07, 6.45) is 10.2. The highest BCUT2D eigenvalue weighted by Crippen LogP contribution is 2.33. The highest BCUT2D eigenvalue weighted by Gasteiger charge is 2.37. The molecular weight excluding hydrogens is 404 g/mol. The molecule has 4 heterocycles. The lowest BCUT2D eigenvalue weighted by molar-refractivity contribution is 0.0648. The van der Waals surface area contributed by atoms with Gasteiger partial charge in [0.05, 0.1) is 0 Å². The number of anilines is 1. The zero-order valence-electron chi connectivity index (χ0n) is 18.0. The Morgan fingerprint density at radius 2 is 1.91 bits per heavy atom. The molecule has 1 aliphatic carbocycles. The average molecular weight is 433 g/mol. The zero-order valence-corrected chi connectivity index (χ0v) is 18.0. The van der Waals surface area contributed by atoms with Crippen molar-refractivity contribution in [2.45, 2.75) is 30.8 Å². The molecule has 0 radical (unpaired) electrons. The highest BCUT2D eigenvalue weighted by molar-refractivity contribution is 5.96.